The van der Waals surface area contributed by atoms with Crippen LogP contribution in [-0.4, -0.2) is 50.0 Å². The topological polar surface area (TPSA) is 119 Å². The van der Waals surface area contributed by atoms with Gasteiger partial charge < -0.3 is 15.4 Å². The van der Waals surface area contributed by atoms with E-state index in [9.17, 15) is 18.0 Å². The van der Waals surface area contributed by atoms with E-state index in [0.717, 1.165) is 6.26 Å². The fourth-order valence-electron chi connectivity index (χ4n) is 2.47. The Balaban J connectivity index is 0.00000392. The number of halogens is 1. The number of esters is 1. The standard InChI is InChI=1S/C17H22N4O5S.ClH/c1-5-26-17(23)11-6-13(8-14(7-11)27(4,24)25)20-16(22)15(18-2)12-9-19-21(3)10-12;/h6-10,15,18H,5H2,1-4H3,(H,20,22);1H. The van der Waals surface area contributed by atoms with Crippen LogP contribution in [0.2, 0.25) is 0 Å². The Hall–Kier alpha value is -2.43. The van der Waals surface area contributed by atoms with Gasteiger partial charge in [0.1, 0.15) is 6.04 Å². The lowest BCUT2D eigenvalue weighted by atomic mass is 10.1. The van der Waals surface area contributed by atoms with E-state index in [0.29, 0.717) is 5.56 Å². The Morgan fingerprint density at radius 2 is 1.96 bits per heavy atom. The molecule has 0 fully saturated rings. The lowest BCUT2D eigenvalue weighted by Gasteiger charge is -2.16. The van der Waals surface area contributed by atoms with E-state index in [4.69, 9.17) is 4.74 Å². The van der Waals surface area contributed by atoms with Gasteiger partial charge in [-0.3, -0.25) is 9.48 Å². The molecule has 1 amide bonds. The highest BCUT2D eigenvalue weighted by molar-refractivity contribution is 7.90. The van der Waals surface area contributed by atoms with Crippen LogP contribution in [-0.2, 0) is 26.4 Å². The average Bonchev–Trinajstić information content (AvgIpc) is 3.00. The monoisotopic (exact) mass is 430 g/mol. The van der Waals surface area contributed by atoms with Gasteiger partial charge in [-0.25, -0.2) is 13.2 Å². The molecule has 2 aromatic rings. The van der Waals surface area contributed by atoms with Crippen molar-refractivity contribution in [2.45, 2.75) is 17.9 Å². The fourth-order valence-corrected chi connectivity index (χ4v) is 3.15. The molecule has 28 heavy (non-hydrogen) atoms. The summed E-state index contributed by atoms with van der Waals surface area (Å²) in [5, 5.41) is 9.55. The van der Waals surface area contributed by atoms with E-state index in [1.54, 1.807) is 38.1 Å². The minimum absolute atomic E-state index is 0. The summed E-state index contributed by atoms with van der Waals surface area (Å²) >= 11 is 0. The molecule has 154 valence electrons. The summed E-state index contributed by atoms with van der Waals surface area (Å²) in [6, 6.07) is 3.19. The van der Waals surface area contributed by atoms with Crippen molar-refractivity contribution in [2.75, 3.05) is 25.2 Å². The smallest absolute Gasteiger partial charge is 0.338 e. The van der Waals surface area contributed by atoms with Crippen molar-refractivity contribution >= 4 is 39.8 Å². The SMILES string of the molecule is CCOC(=O)c1cc(NC(=O)C(NC)c2cnn(C)c2)cc(S(C)(=O)=O)c1.Cl. The predicted octanol–water partition coefficient (Wildman–Crippen LogP) is 1.32. The second-order valence-corrected chi connectivity index (χ2v) is 7.91. The van der Waals surface area contributed by atoms with E-state index in [2.05, 4.69) is 15.7 Å². The summed E-state index contributed by atoms with van der Waals surface area (Å²) in [4.78, 5) is 24.6. The summed E-state index contributed by atoms with van der Waals surface area (Å²) in [5.74, 6) is -1.10. The molecule has 1 atom stereocenters. The highest BCUT2D eigenvalue weighted by Gasteiger charge is 2.22. The number of anilines is 1. The third-order valence-corrected chi connectivity index (χ3v) is 4.81. The van der Waals surface area contributed by atoms with Gasteiger partial charge in [0, 0.05) is 30.8 Å². The molecule has 0 aliphatic heterocycles. The van der Waals surface area contributed by atoms with Gasteiger partial charge in [0.05, 0.1) is 23.3 Å². The van der Waals surface area contributed by atoms with Gasteiger partial charge in [0.25, 0.3) is 0 Å². The molecule has 2 rings (SSSR count). The molecular weight excluding hydrogens is 408 g/mol. The number of amides is 1. The maximum Gasteiger partial charge on any atom is 0.338 e. The highest BCUT2D eigenvalue weighted by Crippen LogP contribution is 2.22. The molecule has 0 spiro atoms. The molecular formula is C17H23ClN4O5S. The van der Waals surface area contributed by atoms with Crippen LogP contribution in [0, 0.1) is 0 Å². The molecule has 1 heterocycles. The molecule has 1 aromatic carbocycles. The quantitative estimate of drug-likeness (QED) is 0.635. The molecule has 11 heteroatoms. The number of nitrogens with one attached hydrogen (secondary N) is 2. The molecule has 0 bridgehead atoms. The van der Waals surface area contributed by atoms with Crippen LogP contribution in [0.3, 0.4) is 0 Å². The maximum absolute atomic E-state index is 12.6. The zero-order valence-corrected chi connectivity index (χ0v) is 17.6. The first-order chi connectivity index (χ1) is 12.7. The number of hydrogen-bond acceptors (Lipinski definition) is 7. The summed E-state index contributed by atoms with van der Waals surface area (Å²) in [5.41, 5.74) is 0.856. The van der Waals surface area contributed by atoms with Crippen LogP contribution >= 0.6 is 12.4 Å². The van der Waals surface area contributed by atoms with E-state index in [1.807, 2.05) is 0 Å². The first-order valence-electron chi connectivity index (χ1n) is 8.14. The molecule has 1 unspecified atom stereocenters. The number of sulfone groups is 1. The lowest BCUT2D eigenvalue weighted by molar-refractivity contribution is -0.118. The Morgan fingerprint density at radius 3 is 2.46 bits per heavy atom. The van der Waals surface area contributed by atoms with E-state index in [-0.39, 0.29) is 35.2 Å². The van der Waals surface area contributed by atoms with Crippen LogP contribution in [0.15, 0.2) is 35.5 Å². The third-order valence-electron chi connectivity index (χ3n) is 3.72. The largest absolute Gasteiger partial charge is 0.462 e. The Morgan fingerprint density at radius 1 is 1.29 bits per heavy atom. The number of aromatic nitrogens is 2. The van der Waals surface area contributed by atoms with Crippen molar-refractivity contribution in [1.29, 1.82) is 0 Å². The number of likely N-dealkylation sites (N-methyl/N-ethyl adjacent to an activating group) is 1. The van der Waals surface area contributed by atoms with Crippen LogP contribution in [0.1, 0.15) is 28.9 Å². The van der Waals surface area contributed by atoms with Gasteiger partial charge in [0.2, 0.25) is 5.91 Å². The maximum atomic E-state index is 12.6. The van der Waals surface area contributed by atoms with Gasteiger partial charge in [-0.15, -0.1) is 12.4 Å². The molecule has 9 nitrogen and oxygen atoms in total. The van der Waals surface area contributed by atoms with Crippen molar-refractivity contribution < 1.29 is 22.7 Å². The molecule has 0 aliphatic carbocycles. The molecule has 0 aliphatic rings. The molecule has 0 radical (unpaired) electrons. The average molecular weight is 431 g/mol. The van der Waals surface area contributed by atoms with Crippen molar-refractivity contribution in [3.63, 3.8) is 0 Å². The Bertz CT molecular complexity index is 958. The summed E-state index contributed by atoms with van der Waals surface area (Å²) < 4.78 is 30.4. The molecule has 0 saturated carbocycles. The number of carbonyl (C=O) groups is 2. The van der Waals surface area contributed by atoms with E-state index < -0.39 is 27.8 Å². The number of nitrogens with zero attached hydrogens (tertiary/aromatic N) is 2. The number of benzene rings is 1. The predicted molar refractivity (Wildman–Crippen MR) is 106 cm³/mol. The fraction of sp³-hybridized carbons (Fsp3) is 0.353. The normalized spacial score (nSPS) is 12.0. The van der Waals surface area contributed by atoms with Gasteiger partial charge in [0.15, 0.2) is 9.84 Å². The number of carbonyl (C=O) groups excluding carboxylic acids is 2. The minimum atomic E-state index is -3.59. The molecule has 2 N–H and O–H groups in total. The minimum Gasteiger partial charge on any atom is -0.462 e. The number of hydrogen-bond donors (Lipinski definition) is 2. The second-order valence-electron chi connectivity index (χ2n) is 5.90. The van der Waals surface area contributed by atoms with E-state index >= 15 is 0 Å². The molecule has 1 aromatic heterocycles. The summed E-state index contributed by atoms with van der Waals surface area (Å²) in [7, 11) is -0.244. The number of rotatable bonds is 7. The summed E-state index contributed by atoms with van der Waals surface area (Å²) in [6.07, 6.45) is 4.27. The van der Waals surface area contributed by atoms with Gasteiger partial charge in [-0.1, -0.05) is 0 Å². The van der Waals surface area contributed by atoms with Crippen molar-refractivity contribution in [3.8, 4) is 0 Å². The molecule has 0 saturated heterocycles. The Labute approximate surface area is 169 Å². The van der Waals surface area contributed by atoms with Crippen LogP contribution in [0.4, 0.5) is 5.69 Å². The van der Waals surface area contributed by atoms with Crippen molar-refractivity contribution in [1.82, 2.24) is 15.1 Å². The van der Waals surface area contributed by atoms with E-state index in [1.165, 1.54) is 18.2 Å². The van der Waals surface area contributed by atoms with Gasteiger partial charge >= 0.3 is 5.97 Å². The third kappa shape index (κ3) is 5.78. The highest BCUT2D eigenvalue weighted by atomic mass is 35.5. The number of ether oxygens (including phenoxy) is 1. The first kappa shape index (κ1) is 23.6. The van der Waals surface area contributed by atoms with Crippen molar-refractivity contribution in [2.24, 2.45) is 7.05 Å². The Kier molecular flexibility index (Phi) is 8.15. The van der Waals surface area contributed by atoms with Gasteiger partial charge in [-0.2, -0.15) is 5.10 Å². The van der Waals surface area contributed by atoms with Crippen LogP contribution in [0.25, 0.3) is 0 Å². The van der Waals surface area contributed by atoms with Gasteiger partial charge in [-0.05, 0) is 32.2 Å². The summed E-state index contributed by atoms with van der Waals surface area (Å²) in [6.45, 7) is 1.79. The lowest BCUT2D eigenvalue weighted by Crippen LogP contribution is -2.30. The van der Waals surface area contributed by atoms with Crippen LogP contribution in [0.5, 0.6) is 0 Å². The van der Waals surface area contributed by atoms with Crippen LogP contribution < -0.4 is 10.6 Å². The van der Waals surface area contributed by atoms with Crippen molar-refractivity contribution in [3.05, 3.63) is 41.7 Å². The zero-order valence-electron chi connectivity index (χ0n) is 15.9. The second kappa shape index (κ2) is 9.67. The zero-order chi connectivity index (χ0) is 20.2. The number of aryl methyl sites for hydroxylation is 1. The first-order valence-corrected chi connectivity index (χ1v) is 10.0.